The minimum atomic E-state index is -0.611. The van der Waals surface area contributed by atoms with Gasteiger partial charge in [-0.3, -0.25) is 14.7 Å². The Morgan fingerprint density at radius 3 is 2.67 bits per heavy atom. The Balaban J connectivity index is 1.57. The van der Waals surface area contributed by atoms with E-state index in [0.717, 1.165) is 5.56 Å². The van der Waals surface area contributed by atoms with Crippen LogP contribution in [0.25, 0.3) is 0 Å². The zero-order valence-electron chi connectivity index (χ0n) is 23.0. The summed E-state index contributed by atoms with van der Waals surface area (Å²) in [6.45, 7) is 5.44. The molecule has 1 aliphatic heterocycles. The molecule has 3 aromatic rings. The van der Waals surface area contributed by atoms with E-state index in [1.807, 2.05) is 33.0 Å². The SMILES string of the molecule is C[C@@H]1CN([C@@H](C)CO)C(=O)Cc2cc(NC(=O)Nc3ccccc3F)ccc2OC1CN(C)Cc1ccncc1. The number of anilines is 2. The number of aliphatic hydroxyl groups excluding tert-OH is 1. The van der Waals surface area contributed by atoms with Crippen LogP contribution in [0.3, 0.4) is 0 Å². The lowest BCUT2D eigenvalue weighted by atomic mass is 10.0. The van der Waals surface area contributed by atoms with Crippen molar-refractivity contribution in [3.63, 3.8) is 0 Å². The first kappa shape index (κ1) is 29.0. The number of para-hydroxylation sites is 1. The minimum Gasteiger partial charge on any atom is -0.488 e. The van der Waals surface area contributed by atoms with Crippen LogP contribution >= 0.6 is 0 Å². The van der Waals surface area contributed by atoms with Gasteiger partial charge in [-0.15, -0.1) is 0 Å². The summed E-state index contributed by atoms with van der Waals surface area (Å²) in [7, 11) is 2.02. The molecule has 0 fully saturated rings. The monoisotopic (exact) mass is 549 g/mol. The quantitative estimate of drug-likeness (QED) is 0.390. The van der Waals surface area contributed by atoms with Crippen LogP contribution in [-0.4, -0.2) is 70.7 Å². The number of nitrogens with zero attached hydrogens (tertiary/aromatic N) is 3. The maximum absolute atomic E-state index is 14.0. The van der Waals surface area contributed by atoms with E-state index in [1.165, 1.54) is 12.1 Å². The molecule has 3 atom stereocenters. The third-order valence-corrected chi connectivity index (χ3v) is 6.99. The molecule has 0 radical (unpaired) electrons. The number of likely N-dealkylation sites (N-methyl/N-ethyl adjacent to an activating group) is 1. The predicted octanol–water partition coefficient (Wildman–Crippen LogP) is 4.15. The molecule has 2 aromatic carbocycles. The molecule has 212 valence electrons. The summed E-state index contributed by atoms with van der Waals surface area (Å²) in [5, 5.41) is 15.1. The predicted molar refractivity (Wildman–Crippen MR) is 152 cm³/mol. The fourth-order valence-corrected chi connectivity index (χ4v) is 4.74. The smallest absolute Gasteiger partial charge is 0.323 e. The molecule has 40 heavy (non-hydrogen) atoms. The van der Waals surface area contributed by atoms with E-state index in [9.17, 15) is 19.1 Å². The van der Waals surface area contributed by atoms with E-state index >= 15 is 0 Å². The van der Waals surface area contributed by atoms with Crippen molar-refractivity contribution >= 4 is 23.3 Å². The average molecular weight is 550 g/mol. The molecule has 1 unspecified atom stereocenters. The van der Waals surface area contributed by atoms with E-state index in [-0.39, 0.29) is 42.7 Å². The lowest BCUT2D eigenvalue weighted by molar-refractivity contribution is -0.134. The number of hydrogen-bond acceptors (Lipinski definition) is 6. The third kappa shape index (κ3) is 7.55. The molecule has 0 saturated heterocycles. The first-order valence-corrected chi connectivity index (χ1v) is 13.3. The van der Waals surface area contributed by atoms with Gasteiger partial charge in [0.05, 0.1) is 24.8 Å². The van der Waals surface area contributed by atoms with Gasteiger partial charge in [0, 0.05) is 49.2 Å². The van der Waals surface area contributed by atoms with E-state index < -0.39 is 11.8 Å². The number of rotatable bonds is 8. The summed E-state index contributed by atoms with van der Waals surface area (Å²) in [4.78, 5) is 33.9. The fraction of sp³-hybridized carbons (Fsp3) is 0.367. The van der Waals surface area contributed by atoms with Gasteiger partial charge in [-0.1, -0.05) is 19.1 Å². The first-order valence-electron chi connectivity index (χ1n) is 13.3. The minimum absolute atomic E-state index is 0.0341. The third-order valence-electron chi connectivity index (χ3n) is 6.99. The number of pyridine rings is 1. The number of urea groups is 1. The van der Waals surface area contributed by atoms with Crippen LogP contribution in [0.15, 0.2) is 67.0 Å². The Labute approximate surface area is 234 Å². The topological polar surface area (TPSA) is 107 Å². The Bertz CT molecular complexity index is 1310. The van der Waals surface area contributed by atoms with Crippen molar-refractivity contribution < 1.29 is 23.8 Å². The van der Waals surface area contributed by atoms with E-state index in [0.29, 0.717) is 36.6 Å². The molecule has 0 saturated carbocycles. The summed E-state index contributed by atoms with van der Waals surface area (Å²) in [6.07, 6.45) is 3.31. The molecule has 10 heteroatoms. The Kier molecular flexibility index (Phi) is 9.68. The molecule has 4 rings (SSSR count). The number of benzene rings is 2. The van der Waals surface area contributed by atoms with Crippen LogP contribution in [0.5, 0.6) is 5.75 Å². The molecule has 9 nitrogen and oxygen atoms in total. The first-order chi connectivity index (χ1) is 19.2. The van der Waals surface area contributed by atoms with Crippen molar-refractivity contribution in [1.29, 1.82) is 0 Å². The number of aromatic nitrogens is 1. The maximum Gasteiger partial charge on any atom is 0.323 e. The maximum atomic E-state index is 14.0. The van der Waals surface area contributed by atoms with Crippen molar-refractivity contribution in [2.45, 2.75) is 39.0 Å². The number of amides is 3. The van der Waals surface area contributed by atoms with E-state index in [2.05, 4.69) is 20.5 Å². The fourth-order valence-electron chi connectivity index (χ4n) is 4.74. The number of aliphatic hydroxyl groups is 1. The largest absolute Gasteiger partial charge is 0.488 e. The van der Waals surface area contributed by atoms with Gasteiger partial charge >= 0.3 is 6.03 Å². The lowest BCUT2D eigenvalue weighted by Crippen LogP contribution is -2.47. The normalized spacial score (nSPS) is 18.1. The highest BCUT2D eigenvalue weighted by molar-refractivity contribution is 6.00. The average Bonchev–Trinajstić information content (AvgIpc) is 2.97. The highest BCUT2D eigenvalue weighted by Gasteiger charge is 2.31. The van der Waals surface area contributed by atoms with E-state index in [1.54, 1.807) is 47.6 Å². The van der Waals surface area contributed by atoms with Crippen LogP contribution in [0.1, 0.15) is 25.0 Å². The van der Waals surface area contributed by atoms with Gasteiger partial charge in [0.1, 0.15) is 17.7 Å². The van der Waals surface area contributed by atoms with Crippen LogP contribution in [-0.2, 0) is 17.8 Å². The van der Waals surface area contributed by atoms with Gasteiger partial charge in [0.25, 0.3) is 0 Å². The second-order valence-electron chi connectivity index (χ2n) is 10.3. The number of halogens is 1. The van der Waals surface area contributed by atoms with Crippen LogP contribution in [0.2, 0.25) is 0 Å². The zero-order valence-corrected chi connectivity index (χ0v) is 23.0. The highest BCUT2D eigenvalue weighted by Crippen LogP contribution is 2.29. The molecule has 0 bridgehead atoms. The van der Waals surface area contributed by atoms with Crippen molar-refractivity contribution in [1.82, 2.24) is 14.8 Å². The molecule has 2 heterocycles. The summed E-state index contributed by atoms with van der Waals surface area (Å²) < 4.78 is 20.5. The number of hydrogen-bond donors (Lipinski definition) is 3. The summed E-state index contributed by atoms with van der Waals surface area (Å²) >= 11 is 0. The molecule has 1 aromatic heterocycles. The molecule has 0 aliphatic carbocycles. The van der Waals surface area contributed by atoms with Gasteiger partial charge in [0.15, 0.2) is 0 Å². The summed E-state index contributed by atoms with van der Waals surface area (Å²) in [6, 6.07) is 14.0. The Hall–Kier alpha value is -4.02. The summed E-state index contributed by atoms with van der Waals surface area (Å²) in [5.41, 5.74) is 2.23. The Morgan fingerprint density at radius 1 is 1.20 bits per heavy atom. The standard InChI is InChI=1S/C30H36FN5O4/c1-20-16-36(21(2)19-37)29(38)15-23-14-24(33-30(39)34-26-7-5-4-6-25(26)31)8-9-27(23)40-28(20)18-35(3)17-22-10-12-32-13-11-22/h4-14,20-21,28,37H,15-19H2,1-3H3,(H2,33,34,39)/t20-,21+,28?/m1/s1. The molecule has 3 N–H and O–H groups in total. The van der Waals surface area contributed by atoms with Gasteiger partial charge in [-0.05, 0) is 62.0 Å². The van der Waals surface area contributed by atoms with Crippen molar-refractivity contribution in [2.75, 3.05) is 37.4 Å². The zero-order chi connectivity index (χ0) is 28.6. The molecular weight excluding hydrogens is 513 g/mol. The van der Waals surface area contributed by atoms with Crippen LogP contribution in [0.4, 0.5) is 20.6 Å². The number of ether oxygens (including phenoxy) is 1. The summed E-state index contributed by atoms with van der Waals surface area (Å²) in [5.74, 6) is -0.163. The highest BCUT2D eigenvalue weighted by atomic mass is 19.1. The van der Waals surface area contributed by atoms with Gasteiger partial charge in [-0.25, -0.2) is 9.18 Å². The van der Waals surface area contributed by atoms with Crippen LogP contribution in [0, 0.1) is 11.7 Å². The lowest BCUT2D eigenvalue weighted by Gasteiger charge is -2.34. The molecule has 3 amide bonds. The molecule has 0 spiro atoms. The molecule has 1 aliphatic rings. The second kappa shape index (κ2) is 13.4. The number of fused-ring (bicyclic) bond motifs is 1. The number of carbonyl (C=O) groups excluding carboxylic acids is 2. The van der Waals surface area contributed by atoms with Gasteiger partial charge in [-0.2, -0.15) is 0 Å². The molecular formula is C30H36FN5O4. The van der Waals surface area contributed by atoms with Crippen molar-refractivity contribution in [2.24, 2.45) is 5.92 Å². The number of nitrogens with one attached hydrogen (secondary N) is 2. The second-order valence-corrected chi connectivity index (χ2v) is 10.3. The van der Waals surface area contributed by atoms with E-state index in [4.69, 9.17) is 4.74 Å². The Morgan fingerprint density at radius 2 is 1.95 bits per heavy atom. The van der Waals surface area contributed by atoms with Gasteiger partial charge < -0.3 is 25.4 Å². The van der Waals surface area contributed by atoms with Gasteiger partial charge in [0.2, 0.25) is 5.91 Å². The number of carbonyl (C=O) groups is 2. The van der Waals surface area contributed by atoms with Crippen molar-refractivity contribution in [3.05, 3.63) is 83.9 Å². The van der Waals surface area contributed by atoms with Crippen LogP contribution < -0.4 is 15.4 Å². The van der Waals surface area contributed by atoms with Crippen molar-refractivity contribution in [3.8, 4) is 5.75 Å².